The summed E-state index contributed by atoms with van der Waals surface area (Å²) in [5, 5.41) is 3.04. The topological polar surface area (TPSA) is 66.6 Å². The summed E-state index contributed by atoms with van der Waals surface area (Å²) in [7, 11) is 0. The summed E-state index contributed by atoms with van der Waals surface area (Å²) in [5.74, 6) is 0. The van der Waals surface area contributed by atoms with Crippen molar-refractivity contribution in [3.05, 3.63) is 50.3 Å². The van der Waals surface area contributed by atoms with Gasteiger partial charge in [-0.15, -0.1) is 0 Å². The maximum absolute atomic E-state index is 12.6. The number of benzene rings is 1. The van der Waals surface area contributed by atoms with E-state index in [1.54, 1.807) is 6.07 Å². The number of halogens is 5. The van der Waals surface area contributed by atoms with Crippen LogP contribution in [0.5, 0.6) is 0 Å². The molecule has 0 amide bonds. The molecular weight excluding hydrogens is 362 g/mol. The molecule has 1 aromatic heterocycles. The number of rotatable bonds is 2. The molecule has 0 atom stereocenters. The first-order valence-corrected chi connectivity index (χ1v) is 6.17. The van der Waals surface area contributed by atoms with Crippen molar-refractivity contribution in [2.75, 3.05) is 0 Å². The van der Waals surface area contributed by atoms with Gasteiger partial charge in [0.05, 0.1) is 11.4 Å². The van der Waals surface area contributed by atoms with Crippen LogP contribution in [0.15, 0.2) is 34.0 Å². The second-order valence-corrected chi connectivity index (χ2v) is 4.84. The van der Waals surface area contributed by atoms with Gasteiger partial charge in [0.2, 0.25) is 5.28 Å². The van der Waals surface area contributed by atoms with E-state index in [0.717, 1.165) is 10.8 Å². The van der Waals surface area contributed by atoms with E-state index in [4.69, 9.17) is 17.1 Å². The molecule has 0 saturated heterocycles. The van der Waals surface area contributed by atoms with Gasteiger partial charge in [-0.25, -0.2) is 4.98 Å². The van der Waals surface area contributed by atoms with Crippen molar-refractivity contribution < 1.29 is 13.2 Å². The van der Waals surface area contributed by atoms with E-state index in [2.05, 4.69) is 30.9 Å². The fourth-order valence-electron chi connectivity index (χ4n) is 1.49. The highest BCUT2D eigenvalue weighted by Gasteiger charge is 2.35. The molecule has 0 aliphatic rings. The molecule has 0 spiro atoms. The number of aromatic nitrogens is 2. The quantitative estimate of drug-likeness (QED) is 0.407. The summed E-state index contributed by atoms with van der Waals surface area (Å²) in [6.07, 6.45) is -3.87. The third-order valence-corrected chi connectivity index (χ3v) is 3.06. The standard InChI is InChI=1S/C10H4BrClF3N5/c11-5-1-2-7(6(3-5)18-19-16)20-4-8(10(13,14)15)17-9(20)12/h1-4H. The van der Waals surface area contributed by atoms with Crippen LogP contribution in [0.3, 0.4) is 0 Å². The highest BCUT2D eigenvalue weighted by molar-refractivity contribution is 9.10. The Bertz CT molecular complexity index is 705. The van der Waals surface area contributed by atoms with Gasteiger partial charge >= 0.3 is 6.18 Å². The van der Waals surface area contributed by atoms with E-state index in [-0.39, 0.29) is 16.7 Å². The van der Waals surface area contributed by atoms with Gasteiger partial charge in [-0.2, -0.15) is 13.2 Å². The monoisotopic (exact) mass is 365 g/mol. The fraction of sp³-hybridized carbons (Fsp3) is 0.100. The van der Waals surface area contributed by atoms with Crippen LogP contribution in [0.2, 0.25) is 5.28 Å². The van der Waals surface area contributed by atoms with E-state index in [1.165, 1.54) is 12.1 Å². The van der Waals surface area contributed by atoms with E-state index >= 15 is 0 Å². The van der Waals surface area contributed by atoms with Crippen molar-refractivity contribution in [3.63, 3.8) is 0 Å². The zero-order valence-electron chi connectivity index (χ0n) is 9.44. The lowest BCUT2D eigenvalue weighted by Gasteiger charge is -2.07. The second-order valence-electron chi connectivity index (χ2n) is 3.59. The highest BCUT2D eigenvalue weighted by atomic mass is 79.9. The average molecular weight is 367 g/mol. The van der Waals surface area contributed by atoms with Gasteiger partial charge < -0.3 is 0 Å². The van der Waals surface area contributed by atoms with Crippen LogP contribution in [-0.4, -0.2) is 9.55 Å². The molecular formula is C10H4BrClF3N5. The number of alkyl halides is 3. The third kappa shape index (κ3) is 2.90. The molecule has 10 heteroatoms. The van der Waals surface area contributed by atoms with Gasteiger partial charge in [0.1, 0.15) is 0 Å². The summed E-state index contributed by atoms with van der Waals surface area (Å²) in [6, 6.07) is 4.50. The lowest BCUT2D eigenvalue weighted by atomic mass is 10.2. The molecule has 0 aliphatic carbocycles. The molecule has 0 N–H and O–H groups in total. The van der Waals surface area contributed by atoms with Crippen molar-refractivity contribution >= 4 is 33.2 Å². The first-order valence-electron chi connectivity index (χ1n) is 5.00. The maximum atomic E-state index is 12.6. The first kappa shape index (κ1) is 14.7. The van der Waals surface area contributed by atoms with Gasteiger partial charge in [-0.1, -0.05) is 21.0 Å². The first-order chi connectivity index (χ1) is 9.32. The number of imidazole rings is 1. The number of hydrogen-bond acceptors (Lipinski definition) is 2. The third-order valence-electron chi connectivity index (χ3n) is 2.30. The molecule has 1 aromatic carbocycles. The highest BCUT2D eigenvalue weighted by Crippen LogP contribution is 2.34. The summed E-state index contributed by atoms with van der Waals surface area (Å²) in [6.45, 7) is 0. The fourth-order valence-corrected chi connectivity index (χ4v) is 2.07. The van der Waals surface area contributed by atoms with Crippen LogP contribution in [-0.2, 0) is 6.18 Å². The van der Waals surface area contributed by atoms with Gasteiger partial charge in [-0.05, 0) is 35.3 Å². The van der Waals surface area contributed by atoms with Crippen molar-refractivity contribution in [2.24, 2.45) is 5.11 Å². The van der Waals surface area contributed by atoms with Crippen LogP contribution in [0, 0.1) is 0 Å². The normalized spacial score (nSPS) is 11.2. The summed E-state index contributed by atoms with van der Waals surface area (Å²) in [5.41, 5.74) is 7.68. The molecule has 0 radical (unpaired) electrons. The molecule has 20 heavy (non-hydrogen) atoms. The molecule has 1 heterocycles. The lowest BCUT2D eigenvalue weighted by molar-refractivity contribution is -0.140. The Morgan fingerprint density at radius 1 is 1.40 bits per heavy atom. The Labute approximate surface area is 123 Å². The number of azide groups is 1. The molecule has 5 nitrogen and oxygen atoms in total. The summed E-state index contributed by atoms with van der Waals surface area (Å²) < 4.78 is 39.4. The molecule has 0 unspecified atom stereocenters. The zero-order valence-corrected chi connectivity index (χ0v) is 11.8. The summed E-state index contributed by atoms with van der Waals surface area (Å²) >= 11 is 8.88. The predicted molar refractivity (Wildman–Crippen MR) is 70.1 cm³/mol. The van der Waals surface area contributed by atoms with E-state index in [9.17, 15) is 13.2 Å². The Kier molecular flexibility index (Phi) is 3.94. The van der Waals surface area contributed by atoms with Crippen LogP contribution in [0.25, 0.3) is 16.1 Å². The minimum atomic E-state index is -4.61. The van der Waals surface area contributed by atoms with Gasteiger partial charge in [-0.3, -0.25) is 4.57 Å². The van der Waals surface area contributed by atoms with Crippen LogP contribution in [0.1, 0.15) is 5.69 Å². The number of hydrogen-bond donors (Lipinski definition) is 0. The predicted octanol–water partition coefficient (Wildman–Crippen LogP) is 5.25. The van der Waals surface area contributed by atoms with E-state index < -0.39 is 11.9 Å². The van der Waals surface area contributed by atoms with Crippen molar-refractivity contribution in [3.8, 4) is 5.69 Å². The Balaban J connectivity index is 2.63. The molecule has 0 bridgehead atoms. The van der Waals surface area contributed by atoms with E-state index in [0.29, 0.717) is 4.47 Å². The minimum absolute atomic E-state index is 0.120. The molecule has 104 valence electrons. The molecule has 0 saturated carbocycles. The Morgan fingerprint density at radius 2 is 2.10 bits per heavy atom. The molecule has 2 rings (SSSR count). The summed E-state index contributed by atoms with van der Waals surface area (Å²) in [4.78, 5) is 5.86. The van der Waals surface area contributed by atoms with Crippen LogP contribution < -0.4 is 0 Å². The van der Waals surface area contributed by atoms with Gasteiger partial charge in [0.25, 0.3) is 0 Å². The SMILES string of the molecule is [N-]=[N+]=Nc1cc(Br)ccc1-n1cc(C(F)(F)F)nc1Cl. The van der Waals surface area contributed by atoms with Gasteiger partial charge in [0.15, 0.2) is 5.69 Å². The average Bonchev–Trinajstić information content (AvgIpc) is 2.72. The molecule has 2 aromatic rings. The zero-order chi connectivity index (χ0) is 14.9. The number of nitrogens with zero attached hydrogens (tertiary/aromatic N) is 5. The Hall–Kier alpha value is -1.70. The molecule has 0 aliphatic heterocycles. The van der Waals surface area contributed by atoms with Gasteiger partial charge in [0, 0.05) is 15.6 Å². The Morgan fingerprint density at radius 3 is 2.65 bits per heavy atom. The maximum Gasteiger partial charge on any atom is 0.434 e. The largest absolute Gasteiger partial charge is 0.434 e. The van der Waals surface area contributed by atoms with Crippen LogP contribution in [0.4, 0.5) is 18.9 Å². The lowest BCUT2D eigenvalue weighted by Crippen LogP contribution is -2.04. The van der Waals surface area contributed by atoms with Crippen molar-refractivity contribution in [2.45, 2.75) is 6.18 Å². The second kappa shape index (κ2) is 5.35. The van der Waals surface area contributed by atoms with Crippen molar-refractivity contribution in [1.29, 1.82) is 0 Å². The van der Waals surface area contributed by atoms with E-state index in [1.807, 2.05) is 0 Å². The molecule has 0 fully saturated rings. The smallest absolute Gasteiger partial charge is 0.289 e. The van der Waals surface area contributed by atoms with Crippen molar-refractivity contribution in [1.82, 2.24) is 9.55 Å². The minimum Gasteiger partial charge on any atom is -0.289 e. The van der Waals surface area contributed by atoms with Crippen LogP contribution >= 0.6 is 27.5 Å².